The van der Waals surface area contributed by atoms with Gasteiger partial charge in [0.05, 0.1) is 31.3 Å². The van der Waals surface area contributed by atoms with Crippen molar-refractivity contribution in [2.45, 2.75) is 25.0 Å². The normalized spacial score (nSPS) is 34.3. The number of amidine groups is 1. The minimum atomic E-state index is 0.171. The molecule has 2 rings (SSSR count). The Labute approximate surface area is 71.5 Å². The molecule has 0 radical (unpaired) electrons. The highest BCUT2D eigenvalue weighted by Gasteiger charge is 2.33. The molecule has 12 heavy (non-hydrogen) atoms. The number of rotatable bonds is 5. The Kier molecular flexibility index (Phi) is 2.02. The van der Waals surface area contributed by atoms with Gasteiger partial charge >= 0.3 is 0 Å². The highest BCUT2D eigenvalue weighted by atomic mass is 16.6. The first-order valence-corrected chi connectivity index (χ1v) is 4.33. The Morgan fingerprint density at radius 2 is 1.75 bits per heavy atom. The molecule has 0 saturated carbocycles. The van der Waals surface area contributed by atoms with Crippen LogP contribution in [0.1, 0.15) is 12.8 Å². The largest absolute Gasteiger partial charge is 0.387 e. The van der Waals surface area contributed by atoms with Crippen LogP contribution in [0.4, 0.5) is 0 Å². The highest BCUT2D eigenvalue weighted by molar-refractivity contribution is 5.79. The monoisotopic (exact) mass is 170 g/mol. The van der Waals surface area contributed by atoms with Crippen molar-refractivity contribution in [2.75, 3.05) is 13.2 Å². The van der Waals surface area contributed by atoms with Crippen LogP contribution in [0.5, 0.6) is 0 Å². The molecule has 0 aliphatic carbocycles. The van der Waals surface area contributed by atoms with E-state index < -0.39 is 0 Å². The van der Waals surface area contributed by atoms with Crippen molar-refractivity contribution in [3.05, 3.63) is 0 Å². The zero-order valence-electron chi connectivity index (χ0n) is 6.95. The maximum absolute atomic E-state index is 7.36. The third kappa shape index (κ3) is 2.19. The molecule has 2 heterocycles. The summed E-state index contributed by atoms with van der Waals surface area (Å²) in [5.74, 6) is 0.450. The smallest absolute Gasteiger partial charge is 0.0938 e. The Hall–Kier alpha value is -0.610. The van der Waals surface area contributed by atoms with Gasteiger partial charge in [-0.15, -0.1) is 0 Å². The summed E-state index contributed by atoms with van der Waals surface area (Å²) in [6, 6.07) is 0. The van der Waals surface area contributed by atoms with Gasteiger partial charge in [0, 0.05) is 5.92 Å². The minimum Gasteiger partial charge on any atom is -0.387 e. The maximum atomic E-state index is 7.36. The number of nitrogens with two attached hydrogens (primary N) is 1. The first-order valence-electron chi connectivity index (χ1n) is 4.33. The van der Waals surface area contributed by atoms with Crippen molar-refractivity contribution in [2.24, 2.45) is 11.7 Å². The van der Waals surface area contributed by atoms with Crippen LogP contribution in [-0.2, 0) is 9.47 Å². The van der Waals surface area contributed by atoms with Gasteiger partial charge in [0.1, 0.15) is 0 Å². The van der Waals surface area contributed by atoms with E-state index in [1.807, 2.05) is 0 Å². The SMILES string of the molecule is N=C(N)C(CC1CO1)CC1CO1. The van der Waals surface area contributed by atoms with E-state index in [1.165, 1.54) is 0 Å². The molecule has 2 aliphatic rings. The van der Waals surface area contributed by atoms with Gasteiger partial charge in [-0.2, -0.15) is 0 Å². The van der Waals surface area contributed by atoms with Crippen LogP contribution in [0.3, 0.4) is 0 Å². The fourth-order valence-electron chi connectivity index (χ4n) is 1.39. The highest BCUT2D eigenvalue weighted by Crippen LogP contribution is 2.26. The van der Waals surface area contributed by atoms with Gasteiger partial charge in [0.2, 0.25) is 0 Å². The van der Waals surface area contributed by atoms with Gasteiger partial charge in [-0.3, -0.25) is 5.41 Å². The van der Waals surface area contributed by atoms with Crippen molar-refractivity contribution in [3.8, 4) is 0 Å². The summed E-state index contributed by atoms with van der Waals surface area (Å²) in [4.78, 5) is 0. The van der Waals surface area contributed by atoms with E-state index in [9.17, 15) is 0 Å². The molecule has 0 aromatic heterocycles. The molecule has 68 valence electrons. The molecular weight excluding hydrogens is 156 g/mol. The quantitative estimate of drug-likeness (QED) is 0.349. The van der Waals surface area contributed by atoms with Crippen LogP contribution in [-0.4, -0.2) is 31.3 Å². The Morgan fingerprint density at radius 1 is 1.33 bits per heavy atom. The topological polar surface area (TPSA) is 74.9 Å². The van der Waals surface area contributed by atoms with Crippen molar-refractivity contribution in [3.63, 3.8) is 0 Å². The molecule has 0 spiro atoms. The Morgan fingerprint density at radius 3 is 2.00 bits per heavy atom. The predicted octanol–water partition coefficient (Wildman–Crippen LogP) is 0.116. The molecule has 4 heteroatoms. The number of hydrogen-bond acceptors (Lipinski definition) is 3. The van der Waals surface area contributed by atoms with Gasteiger partial charge in [0.15, 0.2) is 0 Å². The fraction of sp³-hybridized carbons (Fsp3) is 0.875. The van der Waals surface area contributed by atoms with Crippen LogP contribution in [0.15, 0.2) is 0 Å². The Balaban J connectivity index is 1.77. The second kappa shape index (κ2) is 3.03. The summed E-state index contributed by atoms with van der Waals surface area (Å²) in [5.41, 5.74) is 5.46. The number of epoxide rings is 2. The number of hydrogen-bond donors (Lipinski definition) is 2. The number of nitrogens with one attached hydrogen (secondary N) is 1. The molecule has 3 N–H and O–H groups in total. The lowest BCUT2D eigenvalue weighted by Crippen LogP contribution is -2.25. The van der Waals surface area contributed by atoms with Crippen LogP contribution in [0.25, 0.3) is 0 Å². The van der Waals surface area contributed by atoms with Crippen molar-refractivity contribution in [1.29, 1.82) is 5.41 Å². The summed E-state index contributed by atoms with van der Waals surface area (Å²) < 4.78 is 10.2. The molecule has 2 fully saturated rings. The van der Waals surface area contributed by atoms with Gasteiger partial charge in [-0.05, 0) is 12.8 Å². The van der Waals surface area contributed by atoms with Crippen LogP contribution < -0.4 is 5.73 Å². The summed E-state index contributed by atoms with van der Waals surface area (Å²) >= 11 is 0. The zero-order valence-corrected chi connectivity index (χ0v) is 6.95. The summed E-state index contributed by atoms with van der Waals surface area (Å²) in [6.07, 6.45) is 2.51. The average molecular weight is 170 g/mol. The van der Waals surface area contributed by atoms with Crippen LogP contribution in [0, 0.1) is 11.3 Å². The second-order valence-corrected chi connectivity index (χ2v) is 3.53. The van der Waals surface area contributed by atoms with Crippen molar-refractivity contribution >= 4 is 5.84 Å². The third-order valence-corrected chi connectivity index (χ3v) is 2.34. The lowest BCUT2D eigenvalue weighted by Gasteiger charge is -2.11. The summed E-state index contributed by atoms with van der Waals surface area (Å²) in [7, 11) is 0. The van der Waals surface area contributed by atoms with Gasteiger partial charge < -0.3 is 15.2 Å². The van der Waals surface area contributed by atoms with Gasteiger partial charge in [-0.1, -0.05) is 0 Å². The van der Waals surface area contributed by atoms with E-state index in [2.05, 4.69) is 0 Å². The fourth-order valence-corrected chi connectivity index (χ4v) is 1.39. The molecule has 2 saturated heterocycles. The Bertz CT molecular complexity index is 173. The molecule has 0 amide bonds. The van der Waals surface area contributed by atoms with Crippen LogP contribution >= 0.6 is 0 Å². The lowest BCUT2D eigenvalue weighted by molar-refractivity contribution is 0.341. The maximum Gasteiger partial charge on any atom is 0.0938 e. The first-order chi connectivity index (χ1) is 5.75. The van der Waals surface area contributed by atoms with E-state index in [0.717, 1.165) is 26.1 Å². The summed E-state index contributed by atoms with van der Waals surface area (Å²) in [6.45, 7) is 1.69. The molecule has 0 bridgehead atoms. The van der Waals surface area contributed by atoms with E-state index in [1.54, 1.807) is 0 Å². The van der Waals surface area contributed by atoms with Crippen LogP contribution in [0.2, 0.25) is 0 Å². The van der Waals surface area contributed by atoms with Gasteiger partial charge in [-0.25, -0.2) is 0 Å². The van der Waals surface area contributed by atoms with E-state index in [4.69, 9.17) is 20.6 Å². The number of ether oxygens (including phenoxy) is 2. The summed E-state index contributed by atoms with van der Waals surface area (Å²) in [5, 5.41) is 7.36. The average Bonchev–Trinajstić information content (AvgIpc) is 2.78. The lowest BCUT2D eigenvalue weighted by atomic mass is 9.97. The molecule has 0 aromatic rings. The van der Waals surface area contributed by atoms with E-state index in [0.29, 0.717) is 12.2 Å². The molecule has 0 aromatic carbocycles. The third-order valence-electron chi connectivity index (χ3n) is 2.34. The van der Waals surface area contributed by atoms with Gasteiger partial charge in [0.25, 0.3) is 0 Å². The standard InChI is InChI=1S/C8H14N2O2/c9-8(10)5(1-6-3-11-6)2-7-4-12-7/h5-7H,1-4H2,(H3,9,10). The minimum absolute atomic E-state index is 0.171. The van der Waals surface area contributed by atoms with Crippen molar-refractivity contribution < 1.29 is 9.47 Å². The molecular formula is C8H14N2O2. The molecule has 2 atom stereocenters. The first kappa shape index (κ1) is 8.01. The van der Waals surface area contributed by atoms with Crippen molar-refractivity contribution in [1.82, 2.24) is 0 Å². The predicted molar refractivity (Wildman–Crippen MR) is 44.1 cm³/mol. The second-order valence-electron chi connectivity index (χ2n) is 3.53. The molecule has 2 aliphatic heterocycles. The van der Waals surface area contributed by atoms with E-state index >= 15 is 0 Å². The van der Waals surface area contributed by atoms with E-state index in [-0.39, 0.29) is 11.8 Å². The zero-order chi connectivity index (χ0) is 8.55. The molecule has 4 nitrogen and oxygen atoms in total. The molecule has 2 unspecified atom stereocenters.